The van der Waals surface area contributed by atoms with E-state index in [0.29, 0.717) is 16.8 Å². The first-order valence-corrected chi connectivity index (χ1v) is 13.1. The van der Waals surface area contributed by atoms with Crippen LogP contribution in [0, 0.1) is 18.6 Å². The number of halogens is 2. The van der Waals surface area contributed by atoms with E-state index in [1.165, 1.54) is 12.1 Å². The minimum absolute atomic E-state index is 0.00375. The number of nitrogens with one attached hydrogen (secondary N) is 2. The fourth-order valence-corrected chi connectivity index (χ4v) is 4.65. The second-order valence-electron chi connectivity index (χ2n) is 10.8. The van der Waals surface area contributed by atoms with Gasteiger partial charge in [0.05, 0.1) is 11.3 Å². The van der Waals surface area contributed by atoms with Gasteiger partial charge in [-0.1, -0.05) is 12.1 Å². The van der Waals surface area contributed by atoms with E-state index in [9.17, 15) is 18.4 Å². The number of rotatable bonds is 8. The second-order valence-corrected chi connectivity index (χ2v) is 10.8. The topological polar surface area (TPSA) is 158 Å². The van der Waals surface area contributed by atoms with Crippen molar-refractivity contribution >= 4 is 23.8 Å². The number of amides is 1. The Kier molecular flexibility index (Phi) is 8.62. The predicted molar refractivity (Wildman–Crippen MR) is 149 cm³/mol. The molecule has 6 N–H and O–H groups in total. The smallest absolute Gasteiger partial charge is 0.338 e. The lowest BCUT2D eigenvalue weighted by Crippen LogP contribution is -2.26. The highest BCUT2D eigenvalue weighted by atomic mass is 19.2. The van der Waals surface area contributed by atoms with Gasteiger partial charge in [0.25, 0.3) is 11.9 Å². The van der Waals surface area contributed by atoms with Gasteiger partial charge < -0.3 is 26.8 Å². The summed E-state index contributed by atoms with van der Waals surface area (Å²) in [4.78, 5) is 37.9. The second kappa shape index (κ2) is 12.0. The molecule has 0 bridgehead atoms. The van der Waals surface area contributed by atoms with Crippen LogP contribution in [0.2, 0.25) is 0 Å². The third-order valence-corrected chi connectivity index (χ3v) is 6.51. The third-order valence-electron chi connectivity index (χ3n) is 6.51. The maximum atomic E-state index is 13.5. The number of nitrogens with two attached hydrogens (primary N) is 2. The molecule has 12 heteroatoms. The van der Waals surface area contributed by atoms with E-state index in [1.807, 2.05) is 33.8 Å². The molecule has 0 spiro atoms. The van der Waals surface area contributed by atoms with Crippen molar-refractivity contribution in [3.8, 4) is 0 Å². The van der Waals surface area contributed by atoms with Crippen molar-refractivity contribution in [2.45, 2.75) is 65.3 Å². The number of aliphatic imine (C=N–C) groups is 1. The summed E-state index contributed by atoms with van der Waals surface area (Å²) >= 11 is 0. The molecule has 41 heavy (non-hydrogen) atoms. The molecular weight excluding hydrogens is 532 g/mol. The summed E-state index contributed by atoms with van der Waals surface area (Å²) in [6.45, 7) is 7.66. The Morgan fingerprint density at radius 3 is 2.51 bits per heavy atom. The van der Waals surface area contributed by atoms with Crippen molar-refractivity contribution < 1.29 is 23.1 Å². The quantitative estimate of drug-likeness (QED) is 0.183. The zero-order valence-corrected chi connectivity index (χ0v) is 23.3. The average Bonchev–Trinajstić information content (AvgIpc) is 3.30. The van der Waals surface area contributed by atoms with Crippen LogP contribution in [0.25, 0.3) is 0 Å². The van der Waals surface area contributed by atoms with Crippen LogP contribution in [0.5, 0.6) is 0 Å². The lowest BCUT2D eigenvalue weighted by atomic mass is 9.97. The van der Waals surface area contributed by atoms with Gasteiger partial charge in [-0.3, -0.25) is 4.79 Å². The molecule has 1 aromatic heterocycles. The minimum atomic E-state index is -1.01. The molecule has 0 aliphatic heterocycles. The monoisotopic (exact) mass is 565 g/mol. The van der Waals surface area contributed by atoms with Crippen molar-refractivity contribution in [1.82, 2.24) is 20.6 Å². The van der Waals surface area contributed by atoms with Crippen molar-refractivity contribution in [2.24, 2.45) is 16.5 Å². The molecule has 1 aliphatic rings. The van der Waals surface area contributed by atoms with Crippen LogP contribution in [0.1, 0.15) is 82.0 Å². The van der Waals surface area contributed by atoms with E-state index in [1.54, 1.807) is 6.07 Å². The van der Waals surface area contributed by atoms with E-state index in [4.69, 9.17) is 16.2 Å². The van der Waals surface area contributed by atoms with Crippen LogP contribution in [-0.2, 0) is 24.2 Å². The summed E-state index contributed by atoms with van der Waals surface area (Å²) in [5.41, 5.74) is 14.9. The van der Waals surface area contributed by atoms with Crippen LogP contribution >= 0.6 is 0 Å². The van der Waals surface area contributed by atoms with Crippen molar-refractivity contribution in [1.29, 1.82) is 0 Å². The van der Waals surface area contributed by atoms with Crippen molar-refractivity contribution in [3.05, 3.63) is 87.2 Å². The molecule has 0 saturated carbocycles. The molecule has 0 fully saturated rings. The molecular formula is C29H33F2N7O3. The molecule has 1 atom stereocenters. The van der Waals surface area contributed by atoms with Gasteiger partial charge in [0, 0.05) is 19.1 Å². The Morgan fingerprint density at radius 1 is 1.07 bits per heavy atom. The predicted octanol–water partition coefficient (Wildman–Crippen LogP) is 3.63. The molecule has 4 rings (SSSR count). The van der Waals surface area contributed by atoms with Gasteiger partial charge in [-0.05, 0) is 87.1 Å². The first-order valence-electron chi connectivity index (χ1n) is 13.1. The van der Waals surface area contributed by atoms with Crippen LogP contribution in [0.3, 0.4) is 0 Å². The number of carbonyl (C=O) groups is 2. The fourth-order valence-electron chi connectivity index (χ4n) is 4.65. The number of nitrogens with zero attached hydrogens (tertiary/aromatic N) is 3. The van der Waals surface area contributed by atoms with Crippen LogP contribution in [-0.4, -0.2) is 33.4 Å². The van der Waals surface area contributed by atoms with Gasteiger partial charge in [0.2, 0.25) is 0 Å². The largest absolute Gasteiger partial charge is 0.456 e. The summed E-state index contributed by atoms with van der Waals surface area (Å²) in [5.74, 6) is -3.26. The first kappa shape index (κ1) is 29.5. The molecule has 1 heterocycles. The lowest BCUT2D eigenvalue weighted by Gasteiger charge is -2.21. The van der Waals surface area contributed by atoms with Gasteiger partial charge >= 0.3 is 5.97 Å². The van der Waals surface area contributed by atoms with E-state index in [2.05, 4.69) is 25.6 Å². The molecule has 1 amide bonds. The maximum Gasteiger partial charge on any atom is 0.338 e. The molecule has 2 aromatic carbocycles. The normalized spacial score (nSPS) is 14.3. The number of ether oxygens (including phenoxy) is 1. The zero-order valence-electron chi connectivity index (χ0n) is 23.3. The Balaban J connectivity index is 1.49. The SMILES string of the molecule is Cc1c(C(=O)OC(C)(C)C)ccc2c1CCC2NCc1cc(C(=O)NCc2ccc(F)c(F)c2)nc(N=C(N)N)n1. The standard InChI is InChI=1S/C29H33F2N7O3/c1-15-18-8-10-23(20(18)7-6-19(15)26(40)41-29(2,3)4)34-14-17-12-24(37-28(36-17)38-27(32)33)25(39)35-13-16-5-9-21(30)22(31)11-16/h5-7,9,11-12,23,34H,8,10,13-14H2,1-4H3,(H,35,39)(H4,32,33,36,37,38). The molecule has 10 nitrogen and oxygen atoms in total. The van der Waals surface area contributed by atoms with Gasteiger partial charge in [-0.25, -0.2) is 23.5 Å². The lowest BCUT2D eigenvalue weighted by molar-refractivity contribution is 0.00684. The molecule has 1 unspecified atom stereocenters. The molecule has 0 radical (unpaired) electrons. The van der Waals surface area contributed by atoms with Gasteiger partial charge in [-0.2, -0.15) is 4.99 Å². The maximum absolute atomic E-state index is 13.5. The Bertz CT molecular complexity index is 1510. The van der Waals surface area contributed by atoms with Gasteiger partial charge in [0.15, 0.2) is 17.6 Å². The highest BCUT2D eigenvalue weighted by Gasteiger charge is 2.28. The van der Waals surface area contributed by atoms with Crippen molar-refractivity contribution in [3.63, 3.8) is 0 Å². The summed E-state index contributed by atoms with van der Waals surface area (Å²) in [6, 6.07) is 8.59. The molecule has 216 valence electrons. The third kappa shape index (κ3) is 7.40. The zero-order chi connectivity index (χ0) is 29.9. The summed E-state index contributed by atoms with van der Waals surface area (Å²) in [7, 11) is 0. The average molecular weight is 566 g/mol. The fraction of sp³-hybridized carbons (Fsp3) is 0.345. The number of hydrogen-bond donors (Lipinski definition) is 4. The highest BCUT2D eigenvalue weighted by Crippen LogP contribution is 2.35. The number of esters is 1. The van der Waals surface area contributed by atoms with Crippen LogP contribution in [0.15, 0.2) is 41.4 Å². The summed E-state index contributed by atoms with van der Waals surface area (Å²) in [6.07, 6.45) is 1.59. The number of fused-ring (bicyclic) bond motifs is 1. The Morgan fingerprint density at radius 2 is 1.83 bits per heavy atom. The summed E-state index contributed by atoms with van der Waals surface area (Å²) < 4.78 is 32.3. The molecule has 1 aliphatic carbocycles. The highest BCUT2D eigenvalue weighted by molar-refractivity contribution is 5.93. The molecule has 3 aromatic rings. The van der Waals surface area contributed by atoms with E-state index >= 15 is 0 Å². The number of guanidine groups is 1. The number of carbonyl (C=O) groups excluding carboxylic acids is 2. The van der Waals surface area contributed by atoms with Crippen LogP contribution in [0.4, 0.5) is 14.7 Å². The van der Waals surface area contributed by atoms with E-state index in [0.717, 1.165) is 41.7 Å². The van der Waals surface area contributed by atoms with E-state index in [-0.39, 0.29) is 42.7 Å². The Labute approximate surface area is 236 Å². The number of aromatic nitrogens is 2. The Hall–Kier alpha value is -4.45. The first-order chi connectivity index (χ1) is 19.3. The summed E-state index contributed by atoms with van der Waals surface area (Å²) in [5, 5.41) is 6.09. The molecule has 0 saturated heterocycles. The number of benzene rings is 2. The van der Waals surface area contributed by atoms with Crippen LogP contribution < -0.4 is 22.1 Å². The van der Waals surface area contributed by atoms with Gasteiger partial charge in [0.1, 0.15) is 11.3 Å². The van der Waals surface area contributed by atoms with E-state index < -0.39 is 23.1 Å². The van der Waals surface area contributed by atoms with Gasteiger partial charge in [-0.15, -0.1) is 0 Å². The minimum Gasteiger partial charge on any atom is -0.456 e. The number of hydrogen-bond acceptors (Lipinski definition) is 7. The van der Waals surface area contributed by atoms with Crippen molar-refractivity contribution in [2.75, 3.05) is 0 Å².